The summed E-state index contributed by atoms with van der Waals surface area (Å²) in [5.74, 6) is -0.849. The van der Waals surface area contributed by atoms with E-state index in [2.05, 4.69) is 4.98 Å². The average Bonchev–Trinajstić information content (AvgIpc) is 3.15. The minimum Gasteiger partial charge on any atom is -0.452 e. The molecule has 0 aliphatic rings. The molecule has 0 radical (unpaired) electrons. The second-order valence-electron chi connectivity index (χ2n) is 6.86. The normalized spacial score (nSPS) is 12.9. The Labute approximate surface area is 187 Å². The van der Waals surface area contributed by atoms with Crippen LogP contribution in [0.2, 0.25) is 0 Å². The summed E-state index contributed by atoms with van der Waals surface area (Å²) in [6.07, 6.45) is -0.938. The SMILES string of the molecule is CC(OC(=O)C(C)Sc1ccc([N+](=O)[O-])cc1)C(=O)N(C)Cc1nc2ccccc2s1. The topological polar surface area (TPSA) is 103 Å². The van der Waals surface area contributed by atoms with Crippen molar-refractivity contribution < 1.29 is 19.2 Å². The molecule has 8 nitrogen and oxygen atoms in total. The van der Waals surface area contributed by atoms with E-state index in [1.807, 2.05) is 24.3 Å². The lowest BCUT2D eigenvalue weighted by Crippen LogP contribution is -2.38. The molecule has 0 aliphatic heterocycles. The van der Waals surface area contributed by atoms with Crippen LogP contribution in [0.15, 0.2) is 53.4 Å². The van der Waals surface area contributed by atoms with Crippen LogP contribution in [0.5, 0.6) is 0 Å². The number of hydrogen-bond donors (Lipinski definition) is 0. The third kappa shape index (κ3) is 5.80. The number of rotatable bonds is 8. The summed E-state index contributed by atoms with van der Waals surface area (Å²) in [4.78, 5) is 42.0. The van der Waals surface area contributed by atoms with Crippen molar-refractivity contribution in [2.24, 2.45) is 0 Å². The van der Waals surface area contributed by atoms with Crippen molar-refractivity contribution in [3.05, 3.63) is 63.7 Å². The molecule has 2 unspecified atom stereocenters. The molecule has 10 heteroatoms. The zero-order chi connectivity index (χ0) is 22.5. The molecule has 31 heavy (non-hydrogen) atoms. The van der Waals surface area contributed by atoms with Crippen molar-refractivity contribution >= 4 is 50.9 Å². The van der Waals surface area contributed by atoms with Gasteiger partial charge >= 0.3 is 5.97 Å². The van der Waals surface area contributed by atoms with E-state index in [1.54, 1.807) is 33.0 Å². The molecule has 0 saturated heterocycles. The monoisotopic (exact) mass is 459 g/mol. The van der Waals surface area contributed by atoms with E-state index in [9.17, 15) is 19.7 Å². The average molecular weight is 460 g/mol. The highest BCUT2D eigenvalue weighted by atomic mass is 32.2. The summed E-state index contributed by atoms with van der Waals surface area (Å²) in [6.45, 7) is 3.53. The molecule has 1 amide bonds. The van der Waals surface area contributed by atoms with Crippen LogP contribution in [0, 0.1) is 10.1 Å². The highest BCUT2D eigenvalue weighted by Crippen LogP contribution is 2.26. The Balaban J connectivity index is 1.53. The second-order valence-corrected chi connectivity index (χ2v) is 9.39. The largest absolute Gasteiger partial charge is 0.452 e. The van der Waals surface area contributed by atoms with Gasteiger partial charge in [-0.2, -0.15) is 0 Å². The summed E-state index contributed by atoms with van der Waals surface area (Å²) >= 11 is 2.73. The van der Waals surface area contributed by atoms with Crippen LogP contribution in [-0.2, 0) is 20.9 Å². The molecule has 0 N–H and O–H groups in total. The van der Waals surface area contributed by atoms with Crippen molar-refractivity contribution in [1.29, 1.82) is 0 Å². The van der Waals surface area contributed by atoms with Crippen LogP contribution >= 0.6 is 23.1 Å². The fourth-order valence-corrected chi connectivity index (χ4v) is 4.67. The zero-order valence-electron chi connectivity index (χ0n) is 17.2. The fraction of sp³-hybridized carbons (Fsp3) is 0.286. The number of carbonyl (C=O) groups excluding carboxylic acids is 2. The van der Waals surface area contributed by atoms with Crippen LogP contribution < -0.4 is 0 Å². The molecular formula is C21H21N3O5S2. The maximum absolute atomic E-state index is 12.6. The minimum absolute atomic E-state index is 0.0186. The molecule has 0 saturated carbocycles. The molecule has 3 aromatic rings. The number of para-hydroxylation sites is 1. The first-order valence-corrected chi connectivity index (χ1v) is 11.1. The number of non-ortho nitro benzene ring substituents is 1. The van der Waals surface area contributed by atoms with Gasteiger partial charge in [0.25, 0.3) is 11.6 Å². The first kappa shape index (κ1) is 22.7. The molecule has 0 fully saturated rings. The number of carbonyl (C=O) groups is 2. The van der Waals surface area contributed by atoms with E-state index in [0.717, 1.165) is 15.2 Å². The number of amides is 1. The first-order valence-electron chi connectivity index (χ1n) is 9.45. The van der Waals surface area contributed by atoms with Gasteiger partial charge in [-0.15, -0.1) is 23.1 Å². The standard InChI is InChI=1S/C21H21N3O5S2/c1-13(20(25)23(3)12-19-22-17-6-4-5-7-18(17)31-19)29-21(26)14(2)30-16-10-8-15(9-11-16)24(27)28/h4-11,13-14H,12H2,1-3H3. The quantitative estimate of drug-likeness (QED) is 0.214. The Morgan fingerprint density at radius 2 is 1.87 bits per heavy atom. The molecule has 3 rings (SSSR count). The van der Waals surface area contributed by atoms with Crippen LogP contribution in [-0.4, -0.2) is 45.1 Å². The second kappa shape index (κ2) is 9.88. The predicted octanol–water partition coefficient (Wildman–Crippen LogP) is 4.28. The molecule has 0 bridgehead atoms. The van der Waals surface area contributed by atoms with E-state index in [1.165, 1.54) is 40.1 Å². The van der Waals surface area contributed by atoms with Crippen LogP contribution in [0.1, 0.15) is 18.9 Å². The molecule has 1 heterocycles. The summed E-state index contributed by atoms with van der Waals surface area (Å²) in [5, 5.41) is 11.0. The van der Waals surface area contributed by atoms with E-state index in [-0.39, 0.29) is 11.6 Å². The summed E-state index contributed by atoms with van der Waals surface area (Å²) in [5.41, 5.74) is 0.870. The van der Waals surface area contributed by atoms with Crippen molar-refractivity contribution in [3.63, 3.8) is 0 Å². The predicted molar refractivity (Wildman–Crippen MR) is 120 cm³/mol. The minimum atomic E-state index is -0.938. The fourth-order valence-electron chi connectivity index (χ4n) is 2.80. The number of thioether (sulfide) groups is 1. The summed E-state index contributed by atoms with van der Waals surface area (Å²) < 4.78 is 6.40. The Hall–Kier alpha value is -2.98. The molecule has 1 aromatic heterocycles. The lowest BCUT2D eigenvalue weighted by Gasteiger charge is -2.21. The number of likely N-dealkylation sites (N-methyl/N-ethyl adjacent to an activating group) is 1. The van der Waals surface area contributed by atoms with E-state index < -0.39 is 22.2 Å². The lowest BCUT2D eigenvalue weighted by atomic mass is 10.3. The number of hydrogen-bond acceptors (Lipinski definition) is 8. The van der Waals surface area contributed by atoms with Crippen molar-refractivity contribution in [1.82, 2.24) is 9.88 Å². The Bertz CT molecular complexity index is 1070. The Kier molecular flexibility index (Phi) is 7.24. The lowest BCUT2D eigenvalue weighted by molar-refractivity contribution is -0.384. The van der Waals surface area contributed by atoms with Gasteiger partial charge in [0.05, 0.1) is 21.7 Å². The van der Waals surface area contributed by atoms with E-state index in [0.29, 0.717) is 11.4 Å². The highest BCUT2D eigenvalue weighted by molar-refractivity contribution is 8.00. The molecule has 2 atom stereocenters. The molecular weight excluding hydrogens is 438 g/mol. The Morgan fingerprint density at radius 1 is 1.19 bits per heavy atom. The number of esters is 1. The smallest absolute Gasteiger partial charge is 0.319 e. The highest BCUT2D eigenvalue weighted by Gasteiger charge is 2.25. The number of nitro groups is 1. The van der Waals surface area contributed by atoms with Gasteiger partial charge in [-0.05, 0) is 38.1 Å². The molecule has 2 aromatic carbocycles. The van der Waals surface area contributed by atoms with Crippen molar-refractivity contribution in [2.75, 3.05) is 7.05 Å². The van der Waals surface area contributed by atoms with Gasteiger partial charge in [-0.25, -0.2) is 4.98 Å². The van der Waals surface area contributed by atoms with Crippen LogP contribution in [0.25, 0.3) is 10.2 Å². The summed E-state index contributed by atoms with van der Waals surface area (Å²) in [6, 6.07) is 13.7. The Morgan fingerprint density at radius 3 is 2.52 bits per heavy atom. The molecule has 0 spiro atoms. The number of thiazole rings is 1. The van der Waals surface area contributed by atoms with Gasteiger partial charge in [-0.3, -0.25) is 19.7 Å². The van der Waals surface area contributed by atoms with Gasteiger partial charge in [-0.1, -0.05) is 12.1 Å². The van der Waals surface area contributed by atoms with Gasteiger partial charge in [0.1, 0.15) is 10.3 Å². The maximum atomic E-state index is 12.6. The zero-order valence-corrected chi connectivity index (χ0v) is 18.8. The third-order valence-electron chi connectivity index (χ3n) is 4.42. The van der Waals surface area contributed by atoms with Crippen molar-refractivity contribution in [3.8, 4) is 0 Å². The number of nitro benzene ring substituents is 1. The number of nitrogens with zero attached hydrogens (tertiary/aromatic N) is 3. The van der Waals surface area contributed by atoms with Gasteiger partial charge < -0.3 is 9.64 Å². The van der Waals surface area contributed by atoms with E-state index >= 15 is 0 Å². The van der Waals surface area contributed by atoms with E-state index in [4.69, 9.17) is 4.74 Å². The van der Waals surface area contributed by atoms with Crippen molar-refractivity contribution in [2.45, 2.75) is 36.6 Å². The van der Waals surface area contributed by atoms with Crippen LogP contribution in [0.4, 0.5) is 5.69 Å². The van der Waals surface area contributed by atoms with Gasteiger partial charge in [0, 0.05) is 24.1 Å². The number of benzene rings is 2. The number of aromatic nitrogens is 1. The maximum Gasteiger partial charge on any atom is 0.319 e. The van der Waals surface area contributed by atoms with Gasteiger partial charge in [0.15, 0.2) is 6.10 Å². The molecule has 162 valence electrons. The first-order chi connectivity index (χ1) is 14.7. The summed E-state index contributed by atoms with van der Waals surface area (Å²) in [7, 11) is 1.65. The van der Waals surface area contributed by atoms with Gasteiger partial charge in [0.2, 0.25) is 0 Å². The number of ether oxygens (including phenoxy) is 1. The molecule has 0 aliphatic carbocycles. The number of fused-ring (bicyclic) bond motifs is 1. The van der Waals surface area contributed by atoms with Crippen LogP contribution in [0.3, 0.4) is 0 Å². The third-order valence-corrected chi connectivity index (χ3v) is 6.53.